The average Bonchev–Trinajstić information content (AvgIpc) is 2.50. The molecule has 0 unspecified atom stereocenters. The second kappa shape index (κ2) is 8.84. The van der Waals surface area contributed by atoms with E-state index in [1.54, 1.807) is 14.2 Å². The number of hydrogen-bond acceptors (Lipinski definition) is 3. The van der Waals surface area contributed by atoms with Gasteiger partial charge in [0.15, 0.2) is 0 Å². The molecule has 0 atom stereocenters. The second-order valence-corrected chi connectivity index (χ2v) is 5.92. The lowest BCUT2D eigenvalue weighted by molar-refractivity contribution is 0.391. The molecule has 1 aromatic carbocycles. The molecule has 0 aliphatic carbocycles. The summed E-state index contributed by atoms with van der Waals surface area (Å²) in [6.45, 7) is 9.25. The molecule has 1 rings (SSSR count). The van der Waals surface area contributed by atoms with Crippen LogP contribution in [-0.2, 0) is 6.42 Å². The molecule has 0 aliphatic heterocycles. The minimum atomic E-state index is 0.772. The van der Waals surface area contributed by atoms with E-state index in [2.05, 4.69) is 33.8 Å². The maximum atomic E-state index is 5.67. The predicted octanol–water partition coefficient (Wildman–Crippen LogP) is 4.25. The zero-order valence-electron chi connectivity index (χ0n) is 15.0. The van der Waals surface area contributed by atoms with Crippen LogP contribution in [0.25, 0.3) is 0 Å². The molecule has 0 amide bonds. The van der Waals surface area contributed by atoms with Gasteiger partial charge in [-0.2, -0.15) is 0 Å². The van der Waals surface area contributed by atoms with Crippen molar-refractivity contribution in [2.75, 3.05) is 20.8 Å². The van der Waals surface area contributed by atoms with Crippen molar-refractivity contribution in [1.29, 1.82) is 0 Å². The smallest absolute Gasteiger partial charge is 0.126 e. The van der Waals surface area contributed by atoms with Crippen molar-refractivity contribution in [3.63, 3.8) is 0 Å². The quantitative estimate of drug-likeness (QED) is 0.577. The highest BCUT2D eigenvalue weighted by Crippen LogP contribution is 2.38. The van der Waals surface area contributed by atoms with Crippen LogP contribution in [-0.4, -0.2) is 20.8 Å². The number of rotatable bonds is 8. The Balaban J connectivity index is 3.08. The van der Waals surface area contributed by atoms with Crippen molar-refractivity contribution in [2.24, 2.45) is 5.73 Å². The first kappa shape index (κ1) is 18.6. The molecule has 2 N–H and O–H groups in total. The lowest BCUT2D eigenvalue weighted by Gasteiger charge is -2.20. The Morgan fingerprint density at radius 2 is 1.55 bits per heavy atom. The summed E-state index contributed by atoms with van der Waals surface area (Å²) in [6.07, 6.45) is 6.53. The highest BCUT2D eigenvalue weighted by Gasteiger charge is 2.17. The summed E-state index contributed by atoms with van der Waals surface area (Å²) in [7, 11) is 3.48. The maximum Gasteiger partial charge on any atom is 0.126 e. The number of allylic oxidation sites excluding steroid dienone is 2. The molecule has 22 heavy (non-hydrogen) atoms. The number of methoxy groups -OCH3 is 2. The van der Waals surface area contributed by atoms with Gasteiger partial charge in [0.25, 0.3) is 0 Å². The standard InChI is InChI=1S/C19H31NO2/c1-13(9-7-8-12-20)10-11-17-16(4)18(21-5)14(2)15(3)19(17)22-6/h10H,7-9,11-12,20H2,1-6H3. The first-order chi connectivity index (χ1) is 10.5. The molecule has 0 aliphatic rings. The van der Waals surface area contributed by atoms with Gasteiger partial charge in [0, 0.05) is 5.56 Å². The van der Waals surface area contributed by atoms with Crippen molar-refractivity contribution in [3.05, 3.63) is 33.9 Å². The van der Waals surface area contributed by atoms with Crippen molar-refractivity contribution < 1.29 is 9.47 Å². The van der Waals surface area contributed by atoms with Crippen LogP contribution in [0.4, 0.5) is 0 Å². The van der Waals surface area contributed by atoms with E-state index < -0.39 is 0 Å². The fourth-order valence-corrected chi connectivity index (χ4v) is 2.91. The van der Waals surface area contributed by atoms with E-state index in [1.165, 1.54) is 16.7 Å². The van der Waals surface area contributed by atoms with Gasteiger partial charge in [0.2, 0.25) is 0 Å². The molecule has 0 heterocycles. The van der Waals surface area contributed by atoms with Crippen molar-refractivity contribution in [1.82, 2.24) is 0 Å². The fourth-order valence-electron chi connectivity index (χ4n) is 2.91. The molecule has 124 valence electrons. The lowest BCUT2D eigenvalue weighted by atomic mass is 9.94. The molecule has 0 bridgehead atoms. The Kier molecular flexibility index (Phi) is 7.46. The van der Waals surface area contributed by atoms with Crippen molar-refractivity contribution in [3.8, 4) is 11.5 Å². The van der Waals surface area contributed by atoms with E-state index in [9.17, 15) is 0 Å². The van der Waals surface area contributed by atoms with Crippen LogP contribution in [0.2, 0.25) is 0 Å². The zero-order chi connectivity index (χ0) is 16.7. The van der Waals surface area contributed by atoms with Gasteiger partial charge in [-0.3, -0.25) is 0 Å². The molecule has 0 spiro atoms. The molecular formula is C19H31NO2. The number of benzene rings is 1. The van der Waals surface area contributed by atoms with E-state index in [0.717, 1.165) is 54.9 Å². The second-order valence-electron chi connectivity index (χ2n) is 5.92. The van der Waals surface area contributed by atoms with E-state index >= 15 is 0 Å². The predicted molar refractivity (Wildman–Crippen MR) is 94.1 cm³/mol. The third-order valence-electron chi connectivity index (χ3n) is 4.40. The van der Waals surface area contributed by atoms with Crippen LogP contribution in [0.15, 0.2) is 11.6 Å². The molecular weight excluding hydrogens is 274 g/mol. The Labute approximate surface area is 135 Å². The Hall–Kier alpha value is -1.48. The number of ether oxygens (including phenoxy) is 2. The van der Waals surface area contributed by atoms with Crippen molar-refractivity contribution >= 4 is 0 Å². The molecule has 3 heteroatoms. The molecule has 3 nitrogen and oxygen atoms in total. The molecule has 0 fully saturated rings. The van der Waals surface area contributed by atoms with E-state index in [0.29, 0.717) is 0 Å². The Bertz CT molecular complexity index is 533. The minimum Gasteiger partial charge on any atom is -0.496 e. The van der Waals surface area contributed by atoms with E-state index in [4.69, 9.17) is 15.2 Å². The first-order valence-electron chi connectivity index (χ1n) is 8.04. The first-order valence-corrected chi connectivity index (χ1v) is 8.04. The summed E-state index contributed by atoms with van der Waals surface area (Å²) in [6, 6.07) is 0. The molecule has 0 saturated carbocycles. The number of hydrogen-bond donors (Lipinski definition) is 1. The topological polar surface area (TPSA) is 44.5 Å². The monoisotopic (exact) mass is 305 g/mol. The van der Waals surface area contributed by atoms with Gasteiger partial charge in [-0.05, 0) is 76.6 Å². The van der Waals surface area contributed by atoms with Crippen LogP contribution in [0, 0.1) is 20.8 Å². The summed E-state index contributed by atoms with van der Waals surface area (Å²) in [5.74, 6) is 1.96. The lowest BCUT2D eigenvalue weighted by Crippen LogP contribution is -2.03. The summed E-state index contributed by atoms with van der Waals surface area (Å²) in [4.78, 5) is 0. The van der Waals surface area contributed by atoms with Gasteiger partial charge >= 0.3 is 0 Å². The van der Waals surface area contributed by atoms with Gasteiger partial charge in [-0.1, -0.05) is 11.6 Å². The van der Waals surface area contributed by atoms with Gasteiger partial charge in [0.05, 0.1) is 14.2 Å². The molecule has 0 radical (unpaired) electrons. The molecule has 0 saturated heterocycles. The largest absolute Gasteiger partial charge is 0.496 e. The van der Waals surface area contributed by atoms with Gasteiger partial charge in [0.1, 0.15) is 11.5 Å². The maximum absolute atomic E-state index is 5.67. The summed E-state index contributed by atoms with van der Waals surface area (Å²) >= 11 is 0. The van der Waals surface area contributed by atoms with E-state index in [-0.39, 0.29) is 0 Å². The number of nitrogens with two attached hydrogens (primary N) is 1. The summed E-state index contributed by atoms with van der Waals surface area (Å²) in [5.41, 5.74) is 11.7. The van der Waals surface area contributed by atoms with Crippen LogP contribution in [0.3, 0.4) is 0 Å². The van der Waals surface area contributed by atoms with Crippen LogP contribution < -0.4 is 15.2 Å². The number of unbranched alkanes of at least 4 members (excludes halogenated alkanes) is 1. The van der Waals surface area contributed by atoms with Crippen LogP contribution in [0.5, 0.6) is 11.5 Å². The van der Waals surface area contributed by atoms with Gasteiger partial charge in [-0.15, -0.1) is 0 Å². The average molecular weight is 305 g/mol. The van der Waals surface area contributed by atoms with Gasteiger partial charge in [-0.25, -0.2) is 0 Å². The van der Waals surface area contributed by atoms with Crippen LogP contribution >= 0.6 is 0 Å². The highest BCUT2D eigenvalue weighted by atomic mass is 16.5. The third-order valence-corrected chi connectivity index (χ3v) is 4.40. The summed E-state index contributed by atoms with van der Waals surface area (Å²) < 4.78 is 11.3. The normalized spacial score (nSPS) is 11.7. The Morgan fingerprint density at radius 3 is 2.09 bits per heavy atom. The van der Waals surface area contributed by atoms with E-state index in [1.807, 2.05) is 0 Å². The molecule has 0 aromatic heterocycles. The highest BCUT2D eigenvalue weighted by molar-refractivity contribution is 5.58. The SMILES string of the molecule is COc1c(C)c(C)c(OC)c(CC=C(C)CCCCN)c1C. The van der Waals surface area contributed by atoms with Crippen LogP contribution in [0.1, 0.15) is 48.4 Å². The fraction of sp³-hybridized carbons (Fsp3) is 0.579. The molecule has 1 aromatic rings. The minimum absolute atomic E-state index is 0.772. The third kappa shape index (κ3) is 4.26. The van der Waals surface area contributed by atoms with Crippen molar-refractivity contribution in [2.45, 2.75) is 53.4 Å². The summed E-state index contributed by atoms with van der Waals surface area (Å²) in [5, 5.41) is 0. The van der Waals surface area contributed by atoms with Gasteiger partial charge < -0.3 is 15.2 Å². The Morgan fingerprint density at radius 1 is 0.955 bits per heavy atom. The zero-order valence-corrected chi connectivity index (χ0v) is 15.0.